The molecule has 1 amide bonds. The lowest BCUT2D eigenvalue weighted by molar-refractivity contribution is 0.0533. The minimum absolute atomic E-state index is 0.251. The average Bonchev–Trinajstić information content (AvgIpc) is 2.78. The van der Waals surface area contributed by atoms with Crippen LogP contribution in [0.2, 0.25) is 0 Å². The maximum absolute atomic E-state index is 11.9. The molecule has 0 spiro atoms. The number of fused-ring (bicyclic) bond motifs is 1. The fourth-order valence-corrected chi connectivity index (χ4v) is 2.66. The zero-order chi connectivity index (χ0) is 14.5. The van der Waals surface area contributed by atoms with Crippen molar-refractivity contribution in [1.29, 1.82) is 0 Å². The van der Waals surface area contributed by atoms with E-state index in [1.54, 1.807) is 32.2 Å². The molecule has 2 aromatic rings. The van der Waals surface area contributed by atoms with Gasteiger partial charge in [0.15, 0.2) is 0 Å². The van der Waals surface area contributed by atoms with Crippen LogP contribution in [0.5, 0.6) is 0 Å². The predicted molar refractivity (Wildman–Crippen MR) is 76.2 cm³/mol. The van der Waals surface area contributed by atoms with Crippen molar-refractivity contribution in [3.63, 3.8) is 0 Å². The van der Waals surface area contributed by atoms with E-state index in [0.717, 1.165) is 0 Å². The van der Waals surface area contributed by atoms with E-state index in [1.807, 2.05) is 0 Å². The number of rotatable bonds is 4. The van der Waals surface area contributed by atoms with Gasteiger partial charge in [0.05, 0.1) is 18.9 Å². The molecule has 7 heteroatoms. The van der Waals surface area contributed by atoms with Crippen LogP contribution in [0.15, 0.2) is 18.3 Å². The van der Waals surface area contributed by atoms with E-state index in [2.05, 4.69) is 10.3 Å². The number of ether oxygens (including phenoxy) is 2. The summed E-state index contributed by atoms with van der Waals surface area (Å²) in [5, 5.41) is 3.27. The second kappa shape index (κ2) is 6.33. The van der Waals surface area contributed by atoms with Crippen LogP contribution in [0.4, 0.5) is 10.5 Å². The highest BCUT2D eigenvalue weighted by Crippen LogP contribution is 2.35. The van der Waals surface area contributed by atoms with Crippen molar-refractivity contribution in [1.82, 2.24) is 4.98 Å². The molecule has 0 fully saturated rings. The Hall–Kier alpha value is -2.15. The predicted octanol–water partition coefficient (Wildman–Crippen LogP) is 3.04. The highest BCUT2D eigenvalue weighted by molar-refractivity contribution is 7.21. The van der Waals surface area contributed by atoms with E-state index < -0.39 is 12.1 Å². The molecule has 106 valence electrons. The largest absolute Gasteiger partial charge is 0.462 e. The SMILES string of the molecule is CCOC(=O)Nc1c(C(=O)OCC)sc2ncccc12. The van der Waals surface area contributed by atoms with Crippen LogP contribution in [0, 0.1) is 0 Å². The van der Waals surface area contributed by atoms with Crippen LogP contribution in [0.3, 0.4) is 0 Å². The van der Waals surface area contributed by atoms with Gasteiger partial charge in [0, 0.05) is 11.6 Å². The molecular weight excluding hydrogens is 280 g/mol. The lowest BCUT2D eigenvalue weighted by Crippen LogP contribution is -2.15. The summed E-state index contributed by atoms with van der Waals surface area (Å²) in [7, 11) is 0. The molecule has 0 aliphatic carbocycles. The Morgan fingerprint density at radius 1 is 1.30 bits per heavy atom. The Balaban J connectivity index is 2.44. The van der Waals surface area contributed by atoms with Crippen LogP contribution in [-0.4, -0.2) is 30.3 Å². The smallest absolute Gasteiger partial charge is 0.411 e. The first-order valence-electron chi connectivity index (χ1n) is 6.15. The number of anilines is 1. The van der Waals surface area contributed by atoms with Crippen LogP contribution in [0.25, 0.3) is 10.2 Å². The first-order valence-corrected chi connectivity index (χ1v) is 6.97. The number of aromatic nitrogens is 1. The van der Waals surface area contributed by atoms with Crippen LogP contribution >= 0.6 is 11.3 Å². The Bertz CT molecular complexity index is 638. The number of pyridine rings is 1. The monoisotopic (exact) mass is 294 g/mol. The zero-order valence-electron chi connectivity index (χ0n) is 11.1. The topological polar surface area (TPSA) is 77.5 Å². The van der Waals surface area contributed by atoms with Gasteiger partial charge in [0.1, 0.15) is 9.71 Å². The van der Waals surface area contributed by atoms with Gasteiger partial charge in [0.2, 0.25) is 0 Å². The Morgan fingerprint density at radius 2 is 2.05 bits per heavy atom. The van der Waals surface area contributed by atoms with Gasteiger partial charge in [-0.1, -0.05) is 0 Å². The lowest BCUT2D eigenvalue weighted by atomic mass is 10.2. The van der Waals surface area contributed by atoms with E-state index in [0.29, 0.717) is 20.8 Å². The minimum atomic E-state index is -0.610. The average molecular weight is 294 g/mol. The van der Waals surface area contributed by atoms with E-state index in [4.69, 9.17) is 9.47 Å². The molecule has 2 heterocycles. The number of carbonyl (C=O) groups is 2. The normalized spacial score (nSPS) is 10.3. The quantitative estimate of drug-likeness (QED) is 0.877. The van der Waals surface area contributed by atoms with Crippen molar-refractivity contribution >= 4 is 39.3 Å². The van der Waals surface area contributed by atoms with Crippen molar-refractivity contribution in [3.8, 4) is 0 Å². The van der Waals surface area contributed by atoms with Gasteiger partial charge in [-0.25, -0.2) is 14.6 Å². The summed E-state index contributed by atoms with van der Waals surface area (Å²) in [6, 6.07) is 3.52. The molecule has 0 aliphatic heterocycles. The molecule has 0 radical (unpaired) electrons. The Kier molecular flexibility index (Phi) is 4.52. The summed E-state index contributed by atoms with van der Waals surface area (Å²) in [6.45, 7) is 3.95. The Labute approximate surface area is 119 Å². The van der Waals surface area contributed by atoms with Crippen molar-refractivity contribution < 1.29 is 19.1 Å². The van der Waals surface area contributed by atoms with Crippen LogP contribution in [0.1, 0.15) is 23.5 Å². The molecule has 0 aliphatic rings. The summed E-state index contributed by atoms with van der Waals surface area (Å²) in [6.07, 6.45) is 1.02. The molecule has 0 unspecified atom stereocenters. The molecule has 0 bridgehead atoms. The van der Waals surface area contributed by atoms with Crippen molar-refractivity contribution in [2.24, 2.45) is 0 Å². The standard InChI is InChI=1S/C13H14N2O4S/c1-3-18-12(16)10-9(15-13(17)19-4-2)8-6-5-7-14-11(8)20-10/h5-7H,3-4H2,1-2H3,(H,15,17). The number of nitrogens with zero attached hydrogens (tertiary/aromatic N) is 1. The third-order valence-corrected chi connectivity index (χ3v) is 3.52. The number of hydrogen-bond acceptors (Lipinski definition) is 6. The number of hydrogen-bond donors (Lipinski definition) is 1. The second-order valence-electron chi connectivity index (χ2n) is 3.73. The molecule has 0 saturated heterocycles. The third kappa shape index (κ3) is 2.88. The van der Waals surface area contributed by atoms with E-state index in [-0.39, 0.29) is 13.2 Å². The molecular formula is C13H14N2O4S. The first kappa shape index (κ1) is 14.3. The molecule has 1 N–H and O–H groups in total. The molecule has 2 aromatic heterocycles. The highest BCUT2D eigenvalue weighted by atomic mass is 32.1. The molecule has 0 saturated carbocycles. The Morgan fingerprint density at radius 3 is 2.75 bits per heavy atom. The van der Waals surface area contributed by atoms with E-state index in [9.17, 15) is 9.59 Å². The van der Waals surface area contributed by atoms with Gasteiger partial charge < -0.3 is 9.47 Å². The van der Waals surface area contributed by atoms with Crippen molar-refractivity contribution in [2.75, 3.05) is 18.5 Å². The van der Waals surface area contributed by atoms with Gasteiger partial charge in [-0.3, -0.25) is 5.32 Å². The van der Waals surface area contributed by atoms with Crippen LogP contribution in [-0.2, 0) is 9.47 Å². The molecule has 20 heavy (non-hydrogen) atoms. The molecule has 0 atom stereocenters. The fourth-order valence-electron chi connectivity index (χ4n) is 1.67. The van der Waals surface area contributed by atoms with Gasteiger partial charge in [-0.2, -0.15) is 0 Å². The van der Waals surface area contributed by atoms with Gasteiger partial charge in [-0.15, -0.1) is 11.3 Å². The van der Waals surface area contributed by atoms with Gasteiger partial charge in [0.25, 0.3) is 0 Å². The third-order valence-electron chi connectivity index (χ3n) is 2.43. The maximum Gasteiger partial charge on any atom is 0.411 e. The lowest BCUT2D eigenvalue weighted by Gasteiger charge is -2.06. The van der Waals surface area contributed by atoms with Gasteiger partial charge in [-0.05, 0) is 26.0 Å². The number of carbonyl (C=O) groups excluding carboxylic acids is 2. The number of nitrogens with one attached hydrogen (secondary N) is 1. The van der Waals surface area contributed by atoms with E-state index >= 15 is 0 Å². The zero-order valence-corrected chi connectivity index (χ0v) is 12.0. The number of esters is 1. The summed E-state index contributed by atoms with van der Waals surface area (Å²) >= 11 is 1.18. The summed E-state index contributed by atoms with van der Waals surface area (Å²) in [5.41, 5.74) is 0.384. The summed E-state index contributed by atoms with van der Waals surface area (Å²) < 4.78 is 9.83. The minimum Gasteiger partial charge on any atom is -0.462 e. The molecule has 0 aromatic carbocycles. The van der Waals surface area contributed by atoms with Gasteiger partial charge >= 0.3 is 12.1 Å². The summed E-state index contributed by atoms with van der Waals surface area (Å²) in [4.78, 5) is 28.7. The fraction of sp³-hybridized carbons (Fsp3) is 0.308. The first-order chi connectivity index (χ1) is 9.67. The summed E-state index contributed by atoms with van der Waals surface area (Å²) in [5.74, 6) is -0.484. The molecule has 2 rings (SSSR count). The van der Waals surface area contributed by atoms with E-state index in [1.165, 1.54) is 11.3 Å². The van der Waals surface area contributed by atoms with Crippen molar-refractivity contribution in [2.45, 2.75) is 13.8 Å². The highest BCUT2D eigenvalue weighted by Gasteiger charge is 2.21. The maximum atomic E-state index is 11.9. The number of thiophene rings is 1. The second-order valence-corrected chi connectivity index (χ2v) is 4.73. The van der Waals surface area contributed by atoms with Crippen LogP contribution < -0.4 is 5.32 Å². The molecule has 6 nitrogen and oxygen atoms in total. The number of amides is 1. The van der Waals surface area contributed by atoms with Crippen molar-refractivity contribution in [3.05, 3.63) is 23.2 Å².